The molecule has 1 N–H and O–H groups in total. The van der Waals surface area contributed by atoms with Crippen molar-refractivity contribution in [1.29, 1.82) is 0 Å². The van der Waals surface area contributed by atoms with E-state index in [1.54, 1.807) is 12.1 Å². The molecule has 3 heterocycles. The number of aromatic nitrogens is 2. The molecule has 2 aliphatic rings. The molecular weight excluding hydrogens is 348 g/mol. The van der Waals surface area contributed by atoms with Gasteiger partial charge in [-0.2, -0.15) is 4.98 Å². The average molecular weight is 364 g/mol. The van der Waals surface area contributed by atoms with Gasteiger partial charge in [0.15, 0.2) is 5.76 Å². The largest absolute Gasteiger partial charge is 0.461 e. The Hall–Kier alpha value is -3.42. The zero-order valence-corrected chi connectivity index (χ0v) is 14.3. The summed E-state index contributed by atoms with van der Waals surface area (Å²) >= 11 is 0. The van der Waals surface area contributed by atoms with Crippen LogP contribution in [0.4, 0.5) is 4.79 Å². The van der Waals surface area contributed by atoms with E-state index in [-0.39, 0.29) is 24.2 Å². The zero-order valence-electron chi connectivity index (χ0n) is 14.3. The lowest BCUT2D eigenvalue weighted by Crippen LogP contribution is -2.46. The number of aryl methyl sites for hydroxylation is 1. The van der Waals surface area contributed by atoms with Crippen molar-refractivity contribution >= 4 is 11.9 Å². The molecule has 0 unspecified atom stereocenters. The van der Waals surface area contributed by atoms with Gasteiger partial charge in [-0.05, 0) is 42.5 Å². The van der Waals surface area contributed by atoms with Crippen LogP contribution in [-0.4, -0.2) is 27.0 Å². The second-order valence-electron chi connectivity index (χ2n) is 6.73. The number of carbonyl (C=O) groups excluding carboxylic acids is 2. The summed E-state index contributed by atoms with van der Waals surface area (Å²) in [6.45, 7) is -0.0811. The molecule has 1 saturated heterocycles. The second kappa shape index (κ2) is 5.80. The first kappa shape index (κ1) is 15.8. The molecule has 1 aliphatic heterocycles. The number of carbonyl (C=O) groups is 2. The Kier molecular flexibility index (Phi) is 3.40. The van der Waals surface area contributed by atoms with Gasteiger partial charge in [-0.3, -0.25) is 9.69 Å². The number of amides is 3. The van der Waals surface area contributed by atoms with Crippen molar-refractivity contribution in [3.63, 3.8) is 0 Å². The fraction of sp³-hybridized carbons (Fsp3) is 0.263. The van der Waals surface area contributed by atoms with Crippen LogP contribution in [0.5, 0.6) is 0 Å². The summed E-state index contributed by atoms with van der Waals surface area (Å²) in [5.74, 6) is 0.628. The van der Waals surface area contributed by atoms with Crippen molar-refractivity contribution in [3.8, 4) is 11.6 Å². The summed E-state index contributed by atoms with van der Waals surface area (Å²) in [7, 11) is 0. The minimum Gasteiger partial charge on any atom is -0.461 e. The molecule has 0 bridgehead atoms. The Morgan fingerprint density at radius 1 is 1.19 bits per heavy atom. The second-order valence-corrected chi connectivity index (χ2v) is 6.73. The minimum absolute atomic E-state index is 0.0811. The number of nitrogens with zero attached hydrogens (tertiary/aromatic N) is 3. The first-order chi connectivity index (χ1) is 13.2. The molecule has 1 aliphatic carbocycles. The van der Waals surface area contributed by atoms with Gasteiger partial charge >= 0.3 is 6.03 Å². The average Bonchev–Trinajstić information content (AvgIpc) is 3.40. The van der Waals surface area contributed by atoms with Gasteiger partial charge in [-0.1, -0.05) is 29.4 Å². The summed E-state index contributed by atoms with van der Waals surface area (Å²) in [5, 5.41) is 6.75. The van der Waals surface area contributed by atoms with Crippen LogP contribution >= 0.6 is 0 Å². The van der Waals surface area contributed by atoms with Crippen LogP contribution < -0.4 is 5.32 Å². The highest BCUT2D eigenvalue weighted by atomic mass is 16.5. The smallest absolute Gasteiger partial charge is 0.325 e. The monoisotopic (exact) mass is 364 g/mol. The van der Waals surface area contributed by atoms with Crippen LogP contribution in [0.15, 0.2) is 51.6 Å². The van der Waals surface area contributed by atoms with Crippen molar-refractivity contribution < 1.29 is 18.5 Å². The third kappa shape index (κ3) is 2.37. The van der Waals surface area contributed by atoms with Gasteiger partial charge in [0.05, 0.1) is 6.26 Å². The fourth-order valence-corrected chi connectivity index (χ4v) is 3.92. The molecular formula is C19H16N4O4. The molecule has 5 rings (SSSR count). The molecule has 1 fully saturated rings. The van der Waals surface area contributed by atoms with Gasteiger partial charge in [0.1, 0.15) is 12.1 Å². The van der Waals surface area contributed by atoms with E-state index in [1.165, 1.54) is 6.26 Å². The molecule has 0 saturated carbocycles. The van der Waals surface area contributed by atoms with Gasteiger partial charge in [-0.25, -0.2) is 4.79 Å². The number of urea groups is 1. The number of hydrogen-bond acceptors (Lipinski definition) is 6. The molecule has 136 valence electrons. The number of furan rings is 1. The number of benzene rings is 1. The van der Waals surface area contributed by atoms with Crippen LogP contribution in [0.2, 0.25) is 0 Å². The standard InChI is InChI=1S/C19H16N4O4/c24-17-19(9-3-6-12-5-1-2-7-13(12)19)21-18(25)23(17)11-15-20-16(22-27-15)14-8-4-10-26-14/h1-2,4-5,7-8,10H,3,6,9,11H2,(H,21,25)/t19-/m0/s1. The van der Waals surface area contributed by atoms with Crippen LogP contribution in [-0.2, 0) is 23.3 Å². The third-order valence-electron chi connectivity index (χ3n) is 5.15. The normalized spacial score (nSPS) is 21.6. The maximum absolute atomic E-state index is 13.2. The lowest BCUT2D eigenvalue weighted by molar-refractivity contribution is -0.132. The zero-order chi connectivity index (χ0) is 18.4. The molecule has 8 heteroatoms. The van der Waals surface area contributed by atoms with Crippen LogP contribution in [0.1, 0.15) is 29.9 Å². The van der Waals surface area contributed by atoms with Crippen LogP contribution in [0.25, 0.3) is 11.6 Å². The summed E-state index contributed by atoms with van der Waals surface area (Å²) in [6, 6.07) is 10.7. The number of hydrogen-bond donors (Lipinski definition) is 1. The molecule has 8 nitrogen and oxygen atoms in total. The molecule has 27 heavy (non-hydrogen) atoms. The minimum atomic E-state index is -1.00. The summed E-state index contributed by atoms with van der Waals surface area (Å²) < 4.78 is 10.4. The molecule has 1 aromatic carbocycles. The van der Waals surface area contributed by atoms with Crippen LogP contribution in [0, 0.1) is 0 Å². The fourth-order valence-electron chi connectivity index (χ4n) is 3.92. The maximum atomic E-state index is 13.2. The third-order valence-corrected chi connectivity index (χ3v) is 5.15. The van der Waals surface area contributed by atoms with E-state index in [1.807, 2.05) is 24.3 Å². The summed E-state index contributed by atoms with van der Waals surface area (Å²) in [5.41, 5.74) is 0.964. The molecule has 1 spiro atoms. The number of rotatable bonds is 3. The molecule has 1 atom stereocenters. The van der Waals surface area contributed by atoms with Crippen LogP contribution in [0.3, 0.4) is 0 Å². The maximum Gasteiger partial charge on any atom is 0.325 e. The van der Waals surface area contributed by atoms with Gasteiger partial charge in [-0.15, -0.1) is 0 Å². The van der Waals surface area contributed by atoms with Crippen molar-refractivity contribution in [2.24, 2.45) is 0 Å². The first-order valence-corrected chi connectivity index (χ1v) is 8.76. The molecule has 3 amide bonds. The predicted octanol–water partition coefficient (Wildman–Crippen LogP) is 2.61. The van der Waals surface area contributed by atoms with E-state index in [9.17, 15) is 9.59 Å². The Morgan fingerprint density at radius 3 is 2.93 bits per heavy atom. The van der Waals surface area contributed by atoms with Gasteiger partial charge < -0.3 is 14.3 Å². The van der Waals surface area contributed by atoms with E-state index in [2.05, 4.69) is 15.5 Å². The van der Waals surface area contributed by atoms with Gasteiger partial charge in [0.25, 0.3) is 5.91 Å². The summed E-state index contributed by atoms with van der Waals surface area (Å²) in [6.07, 6.45) is 3.82. The van der Waals surface area contributed by atoms with E-state index in [0.717, 1.165) is 28.9 Å². The van der Waals surface area contributed by atoms with Gasteiger partial charge in [0.2, 0.25) is 11.7 Å². The topological polar surface area (TPSA) is 101 Å². The summed E-state index contributed by atoms with van der Waals surface area (Å²) in [4.78, 5) is 31.2. The van der Waals surface area contributed by atoms with E-state index in [4.69, 9.17) is 8.94 Å². The Bertz CT molecular complexity index is 1030. The van der Waals surface area contributed by atoms with E-state index < -0.39 is 11.6 Å². The van der Waals surface area contributed by atoms with E-state index in [0.29, 0.717) is 12.2 Å². The Balaban J connectivity index is 1.44. The molecule has 2 aromatic heterocycles. The quantitative estimate of drug-likeness (QED) is 0.717. The predicted molar refractivity (Wildman–Crippen MR) is 92.1 cm³/mol. The highest BCUT2D eigenvalue weighted by Gasteiger charge is 2.54. The Labute approximate surface area is 154 Å². The first-order valence-electron chi connectivity index (χ1n) is 8.76. The lowest BCUT2D eigenvalue weighted by Gasteiger charge is -2.33. The number of fused-ring (bicyclic) bond motifs is 2. The molecule has 3 aromatic rings. The lowest BCUT2D eigenvalue weighted by atomic mass is 9.76. The van der Waals surface area contributed by atoms with Gasteiger partial charge in [0, 0.05) is 0 Å². The number of nitrogens with one attached hydrogen (secondary N) is 1. The Morgan fingerprint density at radius 2 is 2.07 bits per heavy atom. The van der Waals surface area contributed by atoms with Crippen molar-refractivity contribution in [2.75, 3.05) is 0 Å². The highest BCUT2D eigenvalue weighted by molar-refractivity contribution is 6.07. The van der Waals surface area contributed by atoms with Crippen molar-refractivity contribution in [2.45, 2.75) is 31.3 Å². The van der Waals surface area contributed by atoms with E-state index >= 15 is 0 Å². The van der Waals surface area contributed by atoms with Crippen molar-refractivity contribution in [3.05, 3.63) is 59.7 Å². The van der Waals surface area contributed by atoms with Crippen molar-refractivity contribution in [1.82, 2.24) is 20.4 Å². The number of imide groups is 1. The SMILES string of the molecule is O=C1N[C@]2(CCCc3ccccc32)C(=O)N1Cc1nc(-c2ccco2)no1. The molecule has 0 radical (unpaired) electrons. The highest BCUT2D eigenvalue weighted by Crippen LogP contribution is 2.40.